The van der Waals surface area contributed by atoms with Crippen LogP contribution in [-0.2, 0) is 9.84 Å². The zero-order chi connectivity index (χ0) is 12.9. The lowest BCUT2D eigenvalue weighted by atomic mass is 10.0. The van der Waals surface area contributed by atoms with Crippen LogP contribution < -0.4 is 5.32 Å². The summed E-state index contributed by atoms with van der Waals surface area (Å²) in [5.74, 6) is -0.148. The number of sulfone groups is 1. The van der Waals surface area contributed by atoms with Gasteiger partial charge in [0.05, 0.1) is 5.75 Å². The van der Waals surface area contributed by atoms with Crippen LogP contribution in [-0.4, -0.2) is 27.0 Å². The van der Waals surface area contributed by atoms with Crippen molar-refractivity contribution in [1.29, 1.82) is 0 Å². The molecule has 1 aromatic carbocycles. The van der Waals surface area contributed by atoms with Crippen molar-refractivity contribution in [3.8, 4) is 0 Å². The van der Waals surface area contributed by atoms with Gasteiger partial charge in [-0.2, -0.15) is 0 Å². The van der Waals surface area contributed by atoms with Crippen molar-refractivity contribution in [2.24, 2.45) is 0 Å². The minimum absolute atomic E-state index is 0.0670. The Labute approximate surface area is 102 Å². The van der Waals surface area contributed by atoms with E-state index in [1.165, 1.54) is 18.4 Å². The average molecular weight is 259 g/mol. The van der Waals surface area contributed by atoms with Crippen LogP contribution in [0.2, 0.25) is 0 Å². The Hall–Kier alpha value is -0.940. The highest BCUT2D eigenvalue weighted by Crippen LogP contribution is 2.16. The normalized spacial score (nSPS) is 13.6. The van der Waals surface area contributed by atoms with Crippen LogP contribution in [0.4, 0.5) is 4.39 Å². The first kappa shape index (κ1) is 14.1. The fourth-order valence-electron chi connectivity index (χ4n) is 1.61. The molecule has 0 spiro atoms. The predicted octanol–water partition coefficient (Wildman–Crippen LogP) is 1.91. The molecular formula is C12H18FNO2S. The molecule has 1 unspecified atom stereocenters. The molecule has 0 aliphatic carbocycles. The number of hydrogen-bond donors (Lipinski definition) is 1. The van der Waals surface area contributed by atoms with Gasteiger partial charge >= 0.3 is 0 Å². The van der Waals surface area contributed by atoms with E-state index in [2.05, 4.69) is 5.32 Å². The summed E-state index contributed by atoms with van der Waals surface area (Å²) in [4.78, 5) is 0. The molecule has 0 saturated heterocycles. The highest BCUT2D eigenvalue weighted by molar-refractivity contribution is 7.90. The Kier molecular flexibility index (Phi) is 5.08. The van der Waals surface area contributed by atoms with Crippen LogP contribution >= 0.6 is 0 Å². The van der Waals surface area contributed by atoms with Crippen molar-refractivity contribution in [3.05, 3.63) is 35.6 Å². The van der Waals surface area contributed by atoms with Crippen LogP contribution in [0.5, 0.6) is 0 Å². The minimum atomic E-state index is -2.94. The standard InChI is InChI=1S/C12H18FNO2S/c1-3-12(14-8-9-17(2,15)16)10-4-6-11(13)7-5-10/h4-7,12,14H,3,8-9H2,1-2H3. The second-order valence-electron chi connectivity index (χ2n) is 4.10. The van der Waals surface area contributed by atoms with Gasteiger partial charge in [0.15, 0.2) is 0 Å². The van der Waals surface area contributed by atoms with Crippen molar-refractivity contribution in [2.45, 2.75) is 19.4 Å². The smallest absolute Gasteiger partial charge is 0.148 e. The maximum atomic E-state index is 12.8. The topological polar surface area (TPSA) is 46.2 Å². The molecule has 96 valence electrons. The number of rotatable bonds is 6. The highest BCUT2D eigenvalue weighted by Gasteiger charge is 2.09. The van der Waals surface area contributed by atoms with Gasteiger partial charge < -0.3 is 5.32 Å². The third kappa shape index (κ3) is 5.28. The Morgan fingerprint density at radius 2 is 1.88 bits per heavy atom. The lowest BCUT2D eigenvalue weighted by Gasteiger charge is -2.17. The summed E-state index contributed by atoms with van der Waals surface area (Å²) in [6.45, 7) is 2.41. The van der Waals surface area contributed by atoms with E-state index in [1.54, 1.807) is 12.1 Å². The SMILES string of the molecule is CCC(NCCS(C)(=O)=O)c1ccc(F)cc1. The molecule has 0 amide bonds. The van der Waals surface area contributed by atoms with Crippen molar-refractivity contribution in [1.82, 2.24) is 5.32 Å². The van der Waals surface area contributed by atoms with Crippen molar-refractivity contribution >= 4 is 9.84 Å². The molecule has 3 nitrogen and oxygen atoms in total. The fourth-order valence-corrected chi connectivity index (χ4v) is 2.10. The Balaban J connectivity index is 2.57. The minimum Gasteiger partial charge on any atom is -0.309 e. The van der Waals surface area contributed by atoms with Crippen molar-refractivity contribution in [2.75, 3.05) is 18.6 Å². The maximum absolute atomic E-state index is 12.8. The van der Waals surface area contributed by atoms with Gasteiger partial charge in [-0.05, 0) is 24.1 Å². The van der Waals surface area contributed by atoms with E-state index in [4.69, 9.17) is 0 Å². The van der Waals surface area contributed by atoms with Gasteiger partial charge in [-0.3, -0.25) is 0 Å². The number of nitrogens with one attached hydrogen (secondary N) is 1. The van der Waals surface area contributed by atoms with Gasteiger partial charge in [0.1, 0.15) is 15.7 Å². The molecule has 5 heteroatoms. The molecule has 0 saturated carbocycles. The predicted molar refractivity (Wildman–Crippen MR) is 67.1 cm³/mol. The summed E-state index contributed by atoms with van der Waals surface area (Å²) in [5, 5.41) is 3.16. The third-order valence-electron chi connectivity index (χ3n) is 2.54. The first-order chi connectivity index (χ1) is 7.92. The molecule has 17 heavy (non-hydrogen) atoms. The molecule has 1 N–H and O–H groups in total. The Bertz CT molecular complexity index is 442. The second kappa shape index (κ2) is 6.12. The van der Waals surface area contributed by atoms with Gasteiger partial charge in [0.25, 0.3) is 0 Å². The highest BCUT2D eigenvalue weighted by atomic mass is 32.2. The van der Waals surface area contributed by atoms with E-state index in [-0.39, 0.29) is 17.6 Å². The molecule has 0 bridgehead atoms. The molecule has 1 rings (SSSR count). The number of halogens is 1. The Morgan fingerprint density at radius 3 is 2.35 bits per heavy atom. The molecule has 0 fully saturated rings. The van der Waals surface area contributed by atoms with Crippen molar-refractivity contribution < 1.29 is 12.8 Å². The molecular weight excluding hydrogens is 241 g/mol. The van der Waals surface area contributed by atoms with Crippen LogP contribution in [0.25, 0.3) is 0 Å². The molecule has 0 aliphatic heterocycles. The van der Waals surface area contributed by atoms with E-state index >= 15 is 0 Å². The van der Waals surface area contributed by atoms with E-state index in [1.807, 2.05) is 6.92 Å². The van der Waals surface area contributed by atoms with Gasteiger partial charge in [0.2, 0.25) is 0 Å². The maximum Gasteiger partial charge on any atom is 0.148 e. The molecule has 1 aromatic rings. The summed E-state index contributed by atoms with van der Waals surface area (Å²) >= 11 is 0. The monoisotopic (exact) mass is 259 g/mol. The van der Waals surface area contributed by atoms with Gasteiger partial charge in [-0.15, -0.1) is 0 Å². The third-order valence-corrected chi connectivity index (χ3v) is 3.49. The van der Waals surface area contributed by atoms with E-state index in [9.17, 15) is 12.8 Å². The van der Waals surface area contributed by atoms with Gasteiger partial charge in [-0.25, -0.2) is 12.8 Å². The average Bonchev–Trinajstić information content (AvgIpc) is 2.24. The van der Waals surface area contributed by atoms with E-state index in [0.717, 1.165) is 12.0 Å². The summed E-state index contributed by atoms with van der Waals surface area (Å²) in [6, 6.07) is 6.33. The molecule has 0 radical (unpaired) electrons. The number of hydrogen-bond acceptors (Lipinski definition) is 3. The van der Waals surface area contributed by atoms with Gasteiger partial charge in [0, 0.05) is 18.8 Å². The van der Waals surface area contributed by atoms with E-state index < -0.39 is 9.84 Å². The summed E-state index contributed by atoms with van der Waals surface area (Å²) in [6.07, 6.45) is 2.04. The molecule has 1 atom stereocenters. The van der Waals surface area contributed by atoms with Gasteiger partial charge in [-0.1, -0.05) is 19.1 Å². The van der Waals surface area contributed by atoms with Crippen LogP contribution in [0.15, 0.2) is 24.3 Å². The quantitative estimate of drug-likeness (QED) is 0.849. The summed E-state index contributed by atoms with van der Waals surface area (Å²) in [7, 11) is -2.94. The number of benzene rings is 1. The summed E-state index contributed by atoms with van der Waals surface area (Å²) < 4.78 is 34.7. The second-order valence-corrected chi connectivity index (χ2v) is 6.36. The molecule has 0 aliphatic rings. The van der Waals surface area contributed by atoms with Crippen LogP contribution in [0, 0.1) is 5.82 Å². The Morgan fingerprint density at radius 1 is 1.29 bits per heavy atom. The zero-order valence-electron chi connectivity index (χ0n) is 10.1. The zero-order valence-corrected chi connectivity index (χ0v) is 10.9. The van der Waals surface area contributed by atoms with Crippen LogP contribution in [0.1, 0.15) is 24.9 Å². The first-order valence-corrected chi connectivity index (χ1v) is 7.65. The van der Waals surface area contributed by atoms with Crippen molar-refractivity contribution in [3.63, 3.8) is 0 Å². The summed E-state index contributed by atoms with van der Waals surface area (Å²) in [5.41, 5.74) is 0.974. The molecule has 0 aromatic heterocycles. The van der Waals surface area contributed by atoms with E-state index in [0.29, 0.717) is 6.54 Å². The largest absolute Gasteiger partial charge is 0.309 e. The fraction of sp³-hybridized carbons (Fsp3) is 0.500. The molecule has 0 heterocycles. The lowest BCUT2D eigenvalue weighted by molar-refractivity contribution is 0.530. The van der Waals surface area contributed by atoms with Crippen LogP contribution in [0.3, 0.4) is 0 Å². The lowest BCUT2D eigenvalue weighted by Crippen LogP contribution is -2.26. The first-order valence-electron chi connectivity index (χ1n) is 5.59.